The molecule has 1 unspecified atom stereocenters. The van der Waals surface area contributed by atoms with Crippen LogP contribution in [0.2, 0.25) is 0 Å². The second-order valence-electron chi connectivity index (χ2n) is 4.89. The van der Waals surface area contributed by atoms with Crippen molar-refractivity contribution in [1.29, 1.82) is 0 Å². The van der Waals surface area contributed by atoms with E-state index in [0.29, 0.717) is 5.54 Å². The first kappa shape index (κ1) is 9.13. The van der Waals surface area contributed by atoms with Crippen molar-refractivity contribution in [2.45, 2.75) is 37.3 Å². The van der Waals surface area contributed by atoms with Crippen LogP contribution in [0.25, 0.3) is 0 Å². The maximum absolute atomic E-state index is 5.49. The Morgan fingerprint density at radius 3 is 2.93 bits per heavy atom. The summed E-state index contributed by atoms with van der Waals surface area (Å²) in [7, 11) is 0. The highest BCUT2D eigenvalue weighted by Gasteiger charge is 2.46. The molecule has 1 N–H and O–H groups in total. The monoisotopic (exact) mass is 196 g/mol. The lowest BCUT2D eigenvalue weighted by Crippen LogP contribution is -2.66. The Labute approximate surface area is 85.8 Å². The smallest absolute Gasteiger partial charge is 0.0484 e. The van der Waals surface area contributed by atoms with Gasteiger partial charge in [-0.1, -0.05) is 0 Å². The lowest BCUT2D eigenvalue weighted by Gasteiger charge is -2.50. The van der Waals surface area contributed by atoms with E-state index in [-0.39, 0.29) is 0 Å². The summed E-state index contributed by atoms with van der Waals surface area (Å²) < 4.78 is 5.49. The highest BCUT2D eigenvalue weighted by atomic mass is 16.5. The summed E-state index contributed by atoms with van der Waals surface area (Å²) in [4.78, 5) is 2.70. The highest BCUT2D eigenvalue weighted by Crippen LogP contribution is 2.35. The van der Waals surface area contributed by atoms with Crippen LogP contribution in [-0.2, 0) is 4.74 Å². The maximum atomic E-state index is 5.49. The summed E-state index contributed by atoms with van der Waals surface area (Å²) in [6.07, 6.45) is 5.23. The molecule has 0 aromatic rings. The van der Waals surface area contributed by atoms with E-state index in [1.165, 1.54) is 45.3 Å². The van der Waals surface area contributed by atoms with Gasteiger partial charge < -0.3 is 10.1 Å². The van der Waals surface area contributed by atoms with Crippen LogP contribution in [0.4, 0.5) is 0 Å². The largest absolute Gasteiger partial charge is 0.381 e. The van der Waals surface area contributed by atoms with Crippen LogP contribution in [0, 0.1) is 0 Å². The Kier molecular flexibility index (Phi) is 2.26. The van der Waals surface area contributed by atoms with Gasteiger partial charge in [-0.05, 0) is 32.2 Å². The molecule has 0 saturated carbocycles. The van der Waals surface area contributed by atoms with Gasteiger partial charge >= 0.3 is 0 Å². The molecule has 1 spiro atoms. The molecule has 80 valence electrons. The molecule has 3 fully saturated rings. The fourth-order valence-corrected chi connectivity index (χ4v) is 3.53. The molecule has 3 rings (SSSR count). The summed E-state index contributed by atoms with van der Waals surface area (Å²) in [5.74, 6) is 0. The number of ether oxygens (including phenoxy) is 1. The molecular formula is C11H20N2O. The first-order valence-corrected chi connectivity index (χ1v) is 5.98. The molecule has 3 saturated heterocycles. The molecule has 0 aliphatic carbocycles. The van der Waals surface area contributed by atoms with Gasteiger partial charge in [0.05, 0.1) is 0 Å². The maximum Gasteiger partial charge on any atom is 0.0484 e. The van der Waals surface area contributed by atoms with Gasteiger partial charge in [-0.3, -0.25) is 4.90 Å². The average molecular weight is 196 g/mol. The molecule has 0 radical (unpaired) electrons. The third-order valence-electron chi connectivity index (χ3n) is 4.26. The minimum absolute atomic E-state index is 0.410. The zero-order valence-electron chi connectivity index (χ0n) is 8.80. The van der Waals surface area contributed by atoms with E-state index in [2.05, 4.69) is 10.2 Å². The van der Waals surface area contributed by atoms with E-state index in [4.69, 9.17) is 4.74 Å². The molecule has 0 bridgehead atoms. The highest BCUT2D eigenvalue weighted by molar-refractivity contribution is 5.06. The van der Waals surface area contributed by atoms with Crippen molar-refractivity contribution in [3.8, 4) is 0 Å². The zero-order chi connectivity index (χ0) is 9.43. The van der Waals surface area contributed by atoms with Gasteiger partial charge in [0.15, 0.2) is 0 Å². The summed E-state index contributed by atoms with van der Waals surface area (Å²) in [5, 5.41) is 3.78. The van der Waals surface area contributed by atoms with E-state index < -0.39 is 0 Å². The lowest BCUT2D eigenvalue weighted by molar-refractivity contribution is -0.0162. The number of rotatable bonds is 0. The van der Waals surface area contributed by atoms with Crippen LogP contribution in [0.3, 0.4) is 0 Å². The van der Waals surface area contributed by atoms with Crippen LogP contribution in [0.15, 0.2) is 0 Å². The van der Waals surface area contributed by atoms with E-state index in [1.807, 2.05) is 0 Å². The van der Waals surface area contributed by atoms with Crippen molar-refractivity contribution in [2.24, 2.45) is 0 Å². The summed E-state index contributed by atoms with van der Waals surface area (Å²) in [6, 6.07) is 0.806. The van der Waals surface area contributed by atoms with E-state index >= 15 is 0 Å². The lowest BCUT2D eigenvalue weighted by atomic mass is 9.80. The van der Waals surface area contributed by atoms with Gasteiger partial charge in [-0.15, -0.1) is 0 Å². The Morgan fingerprint density at radius 1 is 1.21 bits per heavy atom. The SMILES string of the molecule is C1CC2N(C1)CCNC21CCOCC1. The van der Waals surface area contributed by atoms with Gasteiger partial charge in [0.1, 0.15) is 0 Å². The van der Waals surface area contributed by atoms with Crippen molar-refractivity contribution in [1.82, 2.24) is 10.2 Å². The molecule has 1 atom stereocenters. The third kappa shape index (κ3) is 1.30. The molecular weight excluding hydrogens is 176 g/mol. The molecule has 0 amide bonds. The van der Waals surface area contributed by atoms with Crippen LogP contribution in [-0.4, -0.2) is 49.3 Å². The summed E-state index contributed by atoms with van der Waals surface area (Å²) >= 11 is 0. The topological polar surface area (TPSA) is 24.5 Å². The Balaban J connectivity index is 1.81. The van der Waals surface area contributed by atoms with Crippen molar-refractivity contribution >= 4 is 0 Å². The molecule has 0 aromatic carbocycles. The molecule has 0 aromatic heterocycles. The quantitative estimate of drug-likeness (QED) is 0.614. The van der Waals surface area contributed by atoms with Gasteiger partial charge in [0.2, 0.25) is 0 Å². The molecule has 3 nitrogen and oxygen atoms in total. The van der Waals surface area contributed by atoms with Gasteiger partial charge in [-0.25, -0.2) is 0 Å². The second-order valence-corrected chi connectivity index (χ2v) is 4.89. The Hall–Kier alpha value is -0.120. The first-order chi connectivity index (χ1) is 6.91. The Bertz CT molecular complexity index is 208. The van der Waals surface area contributed by atoms with Crippen molar-refractivity contribution in [3.05, 3.63) is 0 Å². The number of nitrogens with one attached hydrogen (secondary N) is 1. The standard InChI is InChI=1S/C11H20N2O/c1-2-10-11(3-8-14-9-4-11)12-5-7-13(10)6-1/h10,12H,1-9H2. The number of piperazine rings is 1. The van der Waals surface area contributed by atoms with Crippen LogP contribution >= 0.6 is 0 Å². The predicted molar refractivity (Wildman–Crippen MR) is 55.4 cm³/mol. The van der Waals surface area contributed by atoms with E-state index in [1.54, 1.807) is 0 Å². The molecule has 3 heteroatoms. The average Bonchev–Trinajstić information content (AvgIpc) is 2.69. The van der Waals surface area contributed by atoms with Crippen molar-refractivity contribution < 1.29 is 4.74 Å². The van der Waals surface area contributed by atoms with Gasteiger partial charge in [0, 0.05) is 37.9 Å². The van der Waals surface area contributed by atoms with Crippen molar-refractivity contribution in [3.63, 3.8) is 0 Å². The third-order valence-corrected chi connectivity index (χ3v) is 4.26. The van der Waals surface area contributed by atoms with Gasteiger partial charge in [-0.2, -0.15) is 0 Å². The van der Waals surface area contributed by atoms with Crippen LogP contribution in [0.5, 0.6) is 0 Å². The number of hydrogen-bond acceptors (Lipinski definition) is 3. The van der Waals surface area contributed by atoms with Gasteiger partial charge in [0.25, 0.3) is 0 Å². The minimum Gasteiger partial charge on any atom is -0.381 e. The van der Waals surface area contributed by atoms with E-state index in [0.717, 1.165) is 19.3 Å². The molecule has 14 heavy (non-hydrogen) atoms. The molecule has 3 heterocycles. The first-order valence-electron chi connectivity index (χ1n) is 5.98. The fraction of sp³-hybridized carbons (Fsp3) is 1.00. The number of fused-ring (bicyclic) bond motifs is 2. The zero-order valence-corrected chi connectivity index (χ0v) is 8.80. The second kappa shape index (κ2) is 3.47. The summed E-state index contributed by atoms with van der Waals surface area (Å²) in [6.45, 7) is 5.67. The van der Waals surface area contributed by atoms with Crippen LogP contribution < -0.4 is 5.32 Å². The minimum atomic E-state index is 0.410. The summed E-state index contributed by atoms with van der Waals surface area (Å²) in [5.41, 5.74) is 0.410. The van der Waals surface area contributed by atoms with E-state index in [9.17, 15) is 0 Å². The van der Waals surface area contributed by atoms with Crippen LogP contribution in [0.1, 0.15) is 25.7 Å². The molecule has 3 aliphatic heterocycles. The predicted octanol–water partition coefficient (Wildman–Crippen LogP) is 0.603. The van der Waals surface area contributed by atoms with Crippen molar-refractivity contribution in [2.75, 3.05) is 32.8 Å². The number of hydrogen-bond donors (Lipinski definition) is 1. The fourth-order valence-electron chi connectivity index (χ4n) is 3.53. The molecule has 3 aliphatic rings. The Morgan fingerprint density at radius 2 is 2.07 bits per heavy atom. The number of nitrogens with zero attached hydrogens (tertiary/aromatic N) is 1. The normalized spacial score (nSPS) is 37.3.